The van der Waals surface area contributed by atoms with Crippen molar-refractivity contribution in [3.63, 3.8) is 0 Å². The zero-order valence-corrected chi connectivity index (χ0v) is 23.9. The number of rotatable bonds is 8. The molecule has 0 bridgehead atoms. The summed E-state index contributed by atoms with van der Waals surface area (Å²) in [7, 11) is -3.94. The standard InChI is InChI=1S/C28H27ClN6O5S/c1-17(2)35-14-13-23-21(15-35)27(20-5-3-4-6-22(20)31-23)28(37)40-16-26(36)30-18-7-9-19(10-8-18)41(38,39)34-25-12-11-24(29)32-33-25/h3-12,17H,13-16H2,1-2H3,(H,30,36)(H,33,34). The third-order valence-electron chi connectivity index (χ3n) is 6.66. The van der Waals surface area contributed by atoms with E-state index in [0.29, 0.717) is 41.2 Å². The van der Waals surface area contributed by atoms with Crippen molar-refractivity contribution >= 4 is 55.9 Å². The van der Waals surface area contributed by atoms with E-state index in [1.165, 1.54) is 36.4 Å². The number of carbonyl (C=O) groups excluding carboxylic acids is 2. The second kappa shape index (κ2) is 11.8. The molecule has 11 nitrogen and oxygen atoms in total. The second-order valence-electron chi connectivity index (χ2n) is 9.74. The van der Waals surface area contributed by atoms with Crippen molar-refractivity contribution in [2.75, 3.05) is 23.2 Å². The van der Waals surface area contributed by atoms with E-state index < -0.39 is 28.5 Å². The predicted octanol–water partition coefficient (Wildman–Crippen LogP) is 4.04. The van der Waals surface area contributed by atoms with Gasteiger partial charge in [-0.3, -0.25) is 19.4 Å². The first-order chi connectivity index (χ1) is 19.6. The fourth-order valence-electron chi connectivity index (χ4n) is 4.57. The first-order valence-corrected chi connectivity index (χ1v) is 14.7. The number of benzene rings is 2. The highest BCUT2D eigenvalue weighted by atomic mass is 35.5. The highest BCUT2D eigenvalue weighted by Gasteiger charge is 2.28. The van der Waals surface area contributed by atoms with Gasteiger partial charge in [-0.25, -0.2) is 13.2 Å². The largest absolute Gasteiger partial charge is 0.452 e. The van der Waals surface area contributed by atoms with E-state index in [0.717, 1.165) is 17.8 Å². The average Bonchev–Trinajstić information content (AvgIpc) is 2.95. The molecule has 3 heterocycles. The Hall–Kier alpha value is -4.13. The zero-order chi connectivity index (χ0) is 29.1. The number of nitrogens with one attached hydrogen (secondary N) is 2. The van der Waals surface area contributed by atoms with Crippen molar-refractivity contribution < 1.29 is 22.7 Å². The summed E-state index contributed by atoms with van der Waals surface area (Å²) in [5.41, 5.74) is 3.15. The molecule has 1 amide bonds. The maximum absolute atomic E-state index is 13.3. The molecule has 2 aromatic heterocycles. The molecule has 2 aromatic carbocycles. The number of carbonyl (C=O) groups is 2. The van der Waals surface area contributed by atoms with Gasteiger partial charge in [-0.05, 0) is 56.3 Å². The number of pyridine rings is 1. The van der Waals surface area contributed by atoms with Crippen molar-refractivity contribution in [1.82, 2.24) is 20.1 Å². The molecule has 0 saturated carbocycles. The third kappa shape index (κ3) is 6.45. The normalized spacial score (nSPS) is 13.6. The smallest absolute Gasteiger partial charge is 0.339 e. The van der Waals surface area contributed by atoms with Crippen LogP contribution in [-0.2, 0) is 32.5 Å². The number of sulfonamides is 1. The van der Waals surface area contributed by atoms with Gasteiger partial charge in [-0.2, -0.15) is 0 Å². The number of halogens is 1. The molecule has 212 valence electrons. The van der Waals surface area contributed by atoms with Gasteiger partial charge in [0.1, 0.15) is 0 Å². The maximum Gasteiger partial charge on any atom is 0.339 e. The number of hydrogen-bond acceptors (Lipinski definition) is 9. The number of aromatic nitrogens is 3. The Morgan fingerprint density at radius 3 is 2.51 bits per heavy atom. The number of fused-ring (bicyclic) bond motifs is 2. The molecule has 0 saturated heterocycles. The van der Waals surface area contributed by atoms with Crippen LogP contribution in [0.25, 0.3) is 10.9 Å². The van der Waals surface area contributed by atoms with E-state index in [1.54, 1.807) is 0 Å². The number of nitrogens with zero attached hydrogens (tertiary/aromatic N) is 4. The van der Waals surface area contributed by atoms with Crippen LogP contribution < -0.4 is 10.0 Å². The predicted molar refractivity (Wildman–Crippen MR) is 154 cm³/mol. The Morgan fingerprint density at radius 1 is 1.05 bits per heavy atom. The highest BCUT2D eigenvalue weighted by molar-refractivity contribution is 7.92. The van der Waals surface area contributed by atoms with Crippen LogP contribution in [0.1, 0.15) is 35.5 Å². The Bertz CT molecular complexity index is 1710. The van der Waals surface area contributed by atoms with Gasteiger partial charge >= 0.3 is 5.97 Å². The lowest BCUT2D eigenvalue weighted by Crippen LogP contribution is -2.37. The Balaban J connectivity index is 1.26. The average molecular weight is 595 g/mol. The number of esters is 1. The van der Waals surface area contributed by atoms with Crippen LogP contribution in [0.15, 0.2) is 65.6 Å². The molecule has 0 unspecified atom stereocenters. The first kappa shape index (κ1) is 28.4. The summed E-state index contributed by atoms with van der Waals surface area (Å²) >= 11 is 5.68. The Kier molecular flexibility index (Phi) is 8.15. The molecule has 0 radical (unpaired) electrons. The van der Waals surface area contributed by atoms with E-state index in [-0.39, 0.29) is 15.9 Å². The molecule has 0 fully saturated rings. The van der Waals surface area contributed by atoms with Crippen molar-refractivity contribution in [1.29, 1.82) is 0 Å². The van der Waals surface area contributed by atoms with E-state index in [1.807, 2.05) is 24.3 Å². The number of para-hydroxylation sites is 1. The summed E-state index contributed by atoms with van der Waals surface area (Å²) in [6.07, 6.45) is 0.716. The number of anilines is 2. The molecule has 1 aliphatic rings. The highest BCUT2D eigenvalue weighted by Crippen LogP contribution is 2.29. The molecule has 4 aromatic rings. The lowest BCUT2D eigenvalue weighted by molar-refractivity contribution is -0.119. The molecule has 1 aliphatic heterocycles. The first-order valence-electron chi connectivity index (χ1n) is 12.8. The van der Waals surface area contributed by atoms with E-state index in [2.05, 4.69) is 39.0 Å². The lowest BCUT2D eigenvalue weighted by Gasteiger charge is -2.32. The van der Waals surface area contributed by atoms with Crippen LogP contribution in [-0.4, -0.2) is 59.6 Å². The topological polar surface area (TPSA) is 143 Å². The molecular weight excluding hydrogens is 568 g/mol. The van der Waals surface area contributed by atoms with E-state index in [9.17, 15) is 18.0 Å². The minimum atomic E-state index is -3.94. The molecule has 2 N–H and O–H groups in total. The quantitative estimate of drug-likeness (QED) is 0.289. The van der Waals surface area contributed by atoms with Gasteiger partial charge in [0.05, 0.1) is 16.0 Å². The summed E-state index contributed by atoms with van der Waals surface area (Å²) in [4.78, 5) is 33.0. The molecule has 0 aliphatic carbocycles. The molecule has 13 heteroatoms. The molecule has 5 rings (SSSR count). The van der Waals surface area contributed by atoms with Gasteiger partial charge in [0.25, 0.3) is 15.9 Å². The van der Waals surface area contributed by atoms with Crippen molar-refractivity contribution in [3.05, 3.63) is 82.6 Å². The molecule has 0 spiro atoms. The number of hydrogen-bond donors (Lipinski definition) is 2. The van der Waals surface area contributed by atoms with Gasteiger partial charge in [0.15, 0.2) is 17.6 Å². The van der Waals surface area contributed by atoms with Gasteiger partial charge in [-0.1, -0.05) is 29.8 Å². The molecule has 0 atom stereocenters. The van der Waals surface area contributed by atoms with E-state index in [4.69, 9.17) is 21.3 Å². The summed E-state index contributed by atoms with van der Waals surface area (Å²) in [6.45, 7) is 5.10. The van der Waals surface area contributed by atoms with Crippen LogP contribution in [0.2, 0.25) is 5.15 Å². The SMILES string of the molecule is CC(C)N1CCc2nc3ccccc3c(C(=O)OCC(=O)Nc3ccc(S(=O)(=O)Nc4ccc(Cl)nn4)cc3)c2C1. The van der Waals surface area contributed by atoms with Crippen LogP contribution in [0, 0.1) is 0 Å². The maximum atomic E-state index is 13.3. The van der Waals surface area contributed by atoms with Crippen molar-refractivity contribution in [3.8, 4) is 0 Å². The van der Waals surface area contributed by atoms with Crippen LogP contribution in [0.4, 0.5) is 11.5 Å². The van der Waals surface area contributed by atoms with Crippen LogP contribution in [0.3, 0.4) is 0 Å². The van der Waals surface area contributed by atoms with Gasteiger partial charge < -0.3 is 10.1 Å². The monoisotopic (exact) mass is 594 g/mol. The van der Waals surface area contributed by atoms with Crippen molar-refractivity contribution in [2.45, 2.75) is 37.8 Å². The van der Waals surface area contributed by atoms with Crippen LogP contribution >= 0.6 is 11.6 Å². The Morgan fingerprint density at radius 2 is 1.80 bits per heavy atom. The van der Waals surface area contributed by atoms with Gasteiger partial charge in [0.2, 0.25) is 0 Å². The summed E-state index contributed by atoms with van der Waals surface area (Å²) < 4.78 is 33.0. The summed E-state index contributed by atoms with van der Waals surface area (Å²) in [6, 6.07) is 16.0. The fourth-order valence-corrected chi connectivity index (χ4v) is 5.67. The number of ether oxygens (including phenoxy) is 1. The fraction of sp³-hybridized carbons (Fsp3) is 0.250. The van der Waals surface area contributed by atoms with Crippen LogP contribution in [0.5, 0.6) is 0 Å². The molecule has 41 heavy (non-hydrogen) atoms. The van der Waals surface area contributed by atoms with Gasteiger partial charge in [0, 0.05) is 47.9 Å². The summed E-state index contributed by atoms with van der Waals surface area (Å²) in [5, 5.41) is 10.7. The Labute approximate surface area is 241 Å². The number of amides is 1. The second-order valence-corrected chi connectivity index (χ2v) is 11.8. The zero-order valence-electron chi connectivity index (χ0n) is 22.3. The minimum Gasteiger partial charge on any atom is -0.452 e. The van der Waals surface area contributed by atoms with Crippen molar-refractivity contribution in [2.24, 2.45) is 0 Å². The minimum absolute atomic E-state index is 0.00810. The summed E-state index contributed by atoms with van der Waals surface area (Å²) in [5.74, 6) is -1.16. The third-order valence-corrected chi connectivity index (χ3v) is 8.24. The lowest BCUT2D eigenvalue weighted by atomic mass is 9.95. The molecular formula is C28H27ClN6O5S. The van der Waals surface area contributed by atoms with Gasteiger partial charge in [-0.15, -0.1) is 10.2 Å². The van der Waals surface area contributed by atoms with E-state index >= 15 is 0 Å².